The normalized spacial score (nSPS) is 16.5. The number of aryl methyl sites for hydroxylation is 1. The lowest BCUT2D eigenvalue weighted by molar-refractivity contribution is 0.485. The molecule has 0 atom stereocenters. The minimum absolute atomic E-state index is 0.606. The Morgan fingerprint density at radius 2 is 2.45 bits per heavy atom. The minimum atomic E-state index is 0.606. The number of halogens is 1. The molecular weight excluding hydrogens is 160 g/mol. The zero-order valence-electron chi connectivity index (χ0n) is 6.39. The van der Waals surface area contributed by atoms with Crippen molar-refractivity contribution >= 4 is 11.6 Å². The van der Waals surface area contributed by atoms with Crippen LogP contribution < -0.4 is 0 Å². The largest absolute Gasteiger partial charge is 0.269 e. The van der Waals surface area contributed by atoms with E-state index in [1.807, 2.05) is 6.20 Å². The summed E-state index contributed by atoms with van der Waals surface area (Å²) in [5.74, 6) is 0.606. The van der Waals surface area contributed by atoms with Crippen LogP contribution in [0.2, 0.25) is 0 Å². The molecule has 0 aromatic carbocycles. The van der Waals surface area contributed by atoms with Gasteiger partial charge in [-0.3, -0.25) is 4.68 Å². The number of alkyl halides is 1. The molecule has 0 N–H and O–H groups in total. The third-order valence-corrected chi connectivity index (χ3v) is 2.50. The van der Waals surface area contributed by atoms with E-state index >= 15 is 0 Å². The van der Waals surface area contributed by atoms with E-state index in [0.29, 0.717) is 5.88 Å². The van der Waals surface area contributed by atoms with Crippen LogP contribution in [0.3, 0.4) is 0 Å². The Bertz CT molecular complexity index is 241. The molecule has 0 saturated heterocycles. The molecule has 0 fully saturated rings. The minimum Gasteiger partial charge on any atom is -0.269 e. The van der Waals surface area contributed by atoms with E-state index in [9.17, 15) is 0 Å². The van der Waals surface area contributed by atoms with Crippen LogP contribution in [-0.2, 0) is 18.8 Å². The second-order valence-corrected chi connectivity index (χ2v) is 3.20. The molecule has 1 aliphatic heterocycles. The maximum atomic E-state index is 5.75. The van der Waals surface area contributed by atoms with Crippen LogP contribution in [0.4, 0.5) is 0 Å². The second-order valence-electron chi connectivity index (χ2n) is 2.93. The Morgan fingerprint density at radius 1 is 1.55 bits per heavy atom. The van der Waals surface area contributed by atoms with Gasteiger partial charge in [-0.05, 0) is 19.3 Å². The summed E-state index contributed by atoms with van der Waals surface area (Å²) in [7, 11) is 0. The SMILES string of the molecule is ClCc1cnn2c1CCCC2. The number of hydrogen-bond donors (Lipinski definition) is 0. The zero-order chi connectivity index (χ0) is 7.68. The van der Waals surface area contributed by atoms with Crippen molar-refractivity contribution in [1.29, 1.82) is 0 Å². The Morgan fingerprint density at radius 3 is 3.27 bits per heavy atom. The first-order valence-electron chi connectivity index (χ1n) is 4.01. The third-order valence-electron chi connectivity index (χ3n) is 2.21. The molecule has 11 heavy (non-hydrogen) atoms. The van der Waals surface area contributed by atoms with E-state index in [0.717, 1.165) is 13.0 Å². The molecule has 0 radical (unpaired) electrons. The van der Waals surface area contributed by atoms with Gasteiger partial charge >= 0.3 is 0 Å². The molecule has 0 amide bonds. The summed E-state index contributed by atoms with van der Waals surface area (Å²) >= 11 is 5.75. The van der Waals surface area contributed by atoms with Gasteiger partial charge in [-0.25, -0.2) is 0 Å². The number of rotatable bonds is 1. The molecule has 0 aliphatic carbocycles. The highest BCUT2D eigenvalue weighted by atomic mass is 35.5. The second kappa shape index (κ2) is 2.86. The summed E-state index contributed by atoms with van der Waals surface area (Å²) in [6, 6.07) is 0. The van der Waals surface area contributed by atoms with Crippen molar-refractivity contribution in [2.45, 2.75) is 31.7 Å². The fraction of sp³-hybridized carbons (Fsp3) is 0.625. The Hall–Kier alpha value is -0.500. The van der Waals surface area contributed by atoms with Crippen molar-refractivity contribution in [3.8, 4) is 0 Å². The molecule has 0 bridgehead atoms. The molecule has 2 nitrogen and oxygen atoms in total. The van der Waals surface area contributed by atoms with E-state index in [2.05, 4.69) is 9.78 Å². The standard InChI is InChI=1S/C8H11ClN2/c9-5-7-6-10-11-4-2-1-3-8(7)11/h6H,1-5H2. The number of aromatic nitrogens is 2. The molecule has 1 aliphatic rings. The molecular formula is C8H11ClN2. The van der Waals surface area contributed by atoms with Crippen molar-refractivity contribution in [3.63, 3.8) is 0 Å². The van der Waals surface area contributed by atoms with Gasteiger partial charge < -0.3 is 0 Å². The summed E-state index contributed by atoms with van der Waals surface area (Å²) < 4.78 is 2.08. The molecule has 2 rings (SSSR count). The Labute approximate surface area is 71.2 Å². The van der Waals surface area contributed by atoms with Gasteiger partial charge in [0.25, 0.3) is 0 Å². The van der Waals surface area contributed by atoms with Gasteiger partial charge in [0.2, 0.25) is 0 Å². The summed E-state index contributed by atoms with van der Waals surface area (Å²) in [5.41, 5.74) is 2.57. The van der Waals surface area contributed by atoms with Gasteiger partial charge in [-0.15, -0.1) is 11.6 Å². The third kappa shape index (κ3) is 1.16. The van der Waals surface area contributed by atoms with Gasteiger partial charge in [-0.2, -0.15) is 5.10 Å². The van der Waals surface area contributed by atoms with E-state index in [1.54, 1.807) is 0 Å². The van der Waals surface area contributed by atoms with E-state index in [1.165, 1.54) is 24.1 Å². The van der Waals surface area contributed by atoms with Crippen LogP contribution in [0, 0.1) is 0 Å². The van der Waals surface area contributed by atoms with Crippen molar-refractivity contribution < 1.29 is 0 Å². The van der Waals surface area contributed by atoms with Crippen LogP contribution in [0.25, 0.3) is 0 Å². The summed E-state index contributed by atoms with van der Waals surface area (Å²) in [5, 5.41) is 4.26. The highest BCUT2D eigenvalue weighted by Crippen LogP contribution is 2.18. The highest BCUT2D eigenvalue weighted by molar-refractivity contribution is 6.17. The summed E-state index contributed by atoms with van der Waals surface area (Å²) in [6.07, 6.45) is 5.60. The average Bonchev–Trinajstić information content (AvgIpc) is 2.47. The van der Waals surface area contributed by atoms with Gasteiger partial charge in [0.05, 0.1) is 12.1 Å². The Balaban J connectivity index is 2.38. The lowest BCUT2D eigenvalue weighted by atomic mass is 10.1. The van der Waals surface area contributed by atoms with Gasteiger partial charge in [0.15, 0.2) is 0 Å². The summed E-state index contributed by atoms with van der Waals surface area (Å²) in [6.45, 7) is 1.08. The quantitative estimate of drug-likeness (QED) is 0.590. The van der Waals surface area contributed by atoms with Crippen molar-refractivity contribution in [2.75, 3.05) is 0 Å². The maximum Gasteiger partial charge on any atom is 0.0536 e. The summed E-state index contributed by atoms with van der Waals surface area (Å²) in [4.78, 5) is 0. The molecule has 0 spiro atoms. The van der Waals surface area contributed by atoms with Gasteiger partial charge in [0, 0.05) is 17.8 Å². The monoisotopic (exact) mass is 170 g/mol. The lowest BCUT2D eigenvalue weighted by Gasteiger charge is -2.13. The predicted octanol–water partition coefficient (Wildman–Crippen LogP) is 1.96. The fourth-order valence-electron chi connectivity index (χ4n) is 1.60. The molecule has 1 aromatic heterocycles. The van der Waals surface area contributed by atoms with Gasteiger partial charge in [-0.1, -0.05) is 0 Å². The van der Waals surface area contributed by atoms with E-state index in [-0.39, 0.29) is 0 Å². The van der Waals surface area contributed by atoms with Gasteiger partial charge in [0.1, 0.15) is 0 Å². The molecule has 60 valence electrons. The maximum absolute atomic E-state index is 5.75. The Kier molecular flexibility index (Phi) is 1.86. The van der Waals surface area contributed by atoms with Crippen LogP contribution in [0.1, 0.15) is 24.1 Å². The van der Waals surface area contributed by atoms with Crippen LogP contribution in [0.5, 0.6) is 0 Å². The first-order chi connectivity index (χ1) is 5.42. The topological polar surface area (TPSA) is 17.8 Å². The van der Waals surface area contributed by atoms with Crippen LogP contribution in [0.15, 0.2) is 6.20 Å². The first-order valence-corrected chi connectivity index (χ1v) is 4.55. The van der Waals surface area contributed by atoms with Crippen molar-refractivity contribution in [2.24, 2.45) is 0 Å². The number of fused-ring (bicyclic) bond motifs is 1. The smallest absolute Gasteiger partial charge is 0.0536 e. The van der Waals surface area contributed by atoms with E-state index < -0.39 is 0 Å². The highest BCUT2D eigenvalue weighted by Gasteiger charge is 2.12. The predicted molar refractivity (Wildman–Crippen MR) is 44.7 cm³/mol. The molecule has 0 unspecified atom stereocenters. The molecule has 2 heterocycles. The molecule has 1 aromatic rings. The molecule has 3 heteroatoms. The molecule has 0 saturated carbocycles. The van der Waals surface area contributed by atoms with E-state index in [4.69, 9.17) is 11.6 Å². The van der Waals surface area contributed by atoms with Crippen molar-refractivity contribution in [1.82, 2.24) is 9.78 Å². The van der Waals surface area contributed by atoms with Crippen molar-refractivity contribution in [3.05, 3.63) is 17.5 Å². The zero-order valence-corrected chi connectivity index (χ0v) is 7.14. The lowest BCUT2D eigenvalue weighted by Crippen LogP contribution is -2.11. The first kappa shape index (κ1) is 7.17. The van der Waals surface area contributed by atoms with Crippen LogP contribution >= 0.6 is 11.6 Å². The number of hydrogen-bond acceptors (Lipinski definition) is 1. The van der Waals surface area contributed by atoms with Crippen LogP contribution in [-0.4, -0.2) is 9.78 Å². The fourth-order valence-corrected chi connectivity index (χ4v) is 1.82. The average molecular weight is 171 g/mol. The number of nitrogens with zero attached hydrogens (tertiary/aromatic N) is 2.